The van der Waals surface area contributed by atoms with Gasteiger partial charge in [-0.05, 0) is 72.9 Å². The zero-order valence-electron chi connectivity index (χ0n) is 16.8. The zero-order valence-corrected chi connectivity index (χ0v) is 18.3. The molecule has 3 rings (SSSR count). The van der Waals surface area contributed by atoms with Gasteiger partial charge >= 0.3 is 0 Å². The summed E-state index contributed by atoms with van der Waals surface area (Å²) in [5.74, 6) is 1.45. The van der Waals surface area contributed by atoms with Crippen molar-refractivity contribution in [1.29, 1.82) is 0 Å². The number of ether oxygens (including phenoxy) is 1. The summed E-state index contributed by atoms with van der Waals surface area (Å²) in [4.78, 5) is 12.5. The highest BCUT2D eigenvalue weighted by Gasteiger charge is 2.15. The number of nitrogens with one attached hydrogen (secondary N) is 1. The van der Waals surface area contributed by atoms with Gasteiger partial charge in [0.1, 0.15) is 18.1 Å². The molecule has 0 saturated heterocycles. The predicted octanol–water partition coefficient (Wildman–Crippen LogP) is 7.16. The van der Waals surface area contributed by atoms with E-state index in [9.17, 15) is 4.79 Å². The summed E-state index contributed by atoms with van der Waals surface area (Å²) in [7, 11) is 0. The standard InChI is InChI=1S/C23H23Cl2NO3/c1-13(2)17-11-19(25)14(3)10-22(17)28-12-16-8-9-21(29-16)23(27)26-20-7-5-6-18(24)15(20)4/h5-11,13H,12H2,1-4H3,(H,26,27). The van der Waals surface area contributed by atoms with E-state index in [1.54, 1.807) is 30.3 Å². The fourth-order valence-electron chi connectivity index (χ4n) is 2.90. The summed E-state index contributed by atoms with van der Waals surface area (Å²) in [5.41, 5.74) is 3.43. The summed E-state index contributed by atoms with van der Waals surface area (Å²) in [6, 6.07) is 12.6. The lowest BCUT2D eigenvalue weighted by Crippen LogP contribution is -2.12. The van der Waals surface area contributed by atoms with E-state index in [0.29, 0.717) is 21.5 Å². The Labute approximate surface area is 180 Å². The molecule has 0 fully saturated rings. The number of amides is 1. The Morgan fingerprint density at radius 2 is 1.86 bits per heavy atom. The molecule has 1 amide bonds. The number of benzene rings is 2. The van der Waals surface area contributed by atoms with Crippen LogP contribution in [0.1, 0.15) is 52.8 Å². The molecule has 1 heterocycles. The van der Waals surface area contributed by atoms with E-state index in [-0.39, 0.29) is 24.2 Å². The number of hydrogen-bond acceptors (Lipinski definition) is 3. The van der Waals surface area contributed by atoms with Gasteiger partial charge < -0.3 is 14.5 Å². The predicted molar refractivity (Wildman–Crippen MR) is 117 cm³/mol. The van der Waals surface area contributed by atoms with Crippen LogP contribution in [0.5, 0.6) is 5.75 Å². The number of rotatable bonds is 6. The Kier molecular flexibility index (Phi) is 6.56. The van der Waals surface area contributed by atoms with Gasteiger partial charge in [0.15, 0.2) is 5.76 Å². The third kappa shape index (κ3) is 4.95. The molecule has 0 aliphatic heterocycles. The van der Waals surface area contributed by atoms with Crippen molar-refractivity contribution in [3.05, 3.63) is 80.7 Å². The molecular weight excluding hydrogens is 409 g/mol. The molecule has 6 heteroatoms. The summed E-state index contributed by atoms with van der Waals surface area (Å²) < 4.78 is 11.6. The van der Waals surface area contributed by atoms with Gasteiger partial charge in [-0.2, -0.15) is 0 Å². The van der Waals surface area contributed by atoms with Crippen LogP contribution in [-0.4, -0.2) is 5.91 Å². The molecule has 2 aromatic carbocycles. The summed E-state index contributed by atoms with van der Waals surface area (Å²) in [6.07, 6.45) is 0. The summed E-state index contributed by atoms with van der Waals surface area (Å²) in [5, 5.41) is 4.13. The van der Waals surface area contributed by atoms with Crippen LogP contribution in [0.25, 0.3) is 0 Å². The highest BCUT2D eigenvalue weighted by Crippen LogP contribution is 2.32. The lowest BCUT2D eigenvalue weighted by atomic mass is 10.0. The third-order valence-electron chi connectivity index (χ3n) is 4.68. The number of halogens is 2. The second kappa shape index (κ2) is 8.93. The monoisotopic (exact) mass is 431 g/mol. The average Bonchev–Trinajstić information content (AvgIpc) is 3.15. The first kappa shape index (κ1) is 21.3. The van der Waals surface area contributed by atoms with Crippen LogP contribution in [0.4, 0.5) is 5.69 Å². The van der Waals surface area contributed by atoms with Gasteiger partial charge in [-0.1, -0.05) is 43.1 Å². The molecule has 0 unspecified atom stereocenters. The van der Waals surface area contributed by atoms with Gasteiger partial charge in [-0.25, -0.2) is 0 Å². The number of carbonyl (C=O) groups is 1. The topological polar surface area (TPSA) is 51.5 Å². The van der Waals surface area contributed by atoms with Gasteiger partial charge in [-0.3, -0.25) is 4.79 Å². The first-order valence-corrected chi connectivity index (χ1v) is 10.1. The average molecular weight is 432 g/mol. The third-order valence-corrected chi connectivity index (χ3v) is 5.50. The maximum atomic E-state index is 12.5. The first-order valence-electron chi connectivity index (χ1n) is 9.34. The van der Waals surface area contributed by atoms with Crippen molar-refractivity contribution in [1.82, 2.24) is 0 Å². The molecule has 0 aliphatic carbocycles. The Bertz CT molecular complexity index is 1040. The molecule has 4 nitrogen and oxygen atoms in total. The first-order chi connectivity index (χ1) is 13.8. The van der Waals surface area contributed by atoms with E-state index >= 15 is 0 Å². The van der Waals surface area contributed by atoms with Crippen LogP contribution in [0.3, 0.4) is 0 Å². The highest BCUT2D eigenvalue weighted by molar-refractivity contribution is 6.32. The smallest absolute Gasteiger partial charge is 0.291 e. The second-order valence-electron chi connectivity index (χ2n) is 7.22. The van der Waals surface area contributed by atoms with Crippen LogP contribution in [0.2, 0.25) is 10.0 Å². The van der Waals surface area contributed by atoms with Crippen LogP contribution >= 0.6 is 23.2 Å². The Morgan fingerprint density at radius 1 is 1.10 bits per heavy atom. The van der Waals surface area contributed by atoms with E-state index in [1.165, 1.54) is 0 Å². The van der Waals surface area contributed by atoms with Gasteiger partial charge in [0.05, 0.1) is 0 Å². The molecule has 0 spiro atoms. The van der Waals surface area contributed by atoms with Crippen molar-refractivity contribution in [2.24, 2.45) is 0 Å². The van der Waals surface area contributed by atoms with Gasteiger partial charge in [-0.15, -0.1) is 0 Å². The van der Waals surface area contributed by atoms with Gasteiger partial charge in [0.2, 0.25) is 0 Å². The van der Waals surface area contributed by atoms with E-state index < -0.39 is 0 Å². The van der Waals surface area contributed by atoms with E-state index in [1.807, 2.05) is 26.0 Å². The molecule has 152 valence electrons. The van der Waals surface area contributed by atoms with Crippen molar-refractivity contribution < 1.29 is 13.9 Å². The largest absolute Gasteiger partial charge is 0.485 e. The molecular formula is C23H23Cl2NO3. The van der Waals surface area contributed by atoms with E-state index in [0.717, 1.165) is 22.4 Å². The fraction of sp³-hybridized carbons (Fsp3) is 0.261. The Morgan fingerprint density at radius 3 is 2.59 bits per heavy atom. The lowest BCUT2D eigenvalue weighted by molar-refractivity contribution is 0.0992. The molecule has 29 heavy (non-hydrogen) atoms. The van der Waals surface area contributed by atoms with Crippen molar-refractivity contribution in [2.45, 2.75) is 40.2 Å². The SMILES string of the molecule is Cc1cc(OCc2ccc(C(=O)Nc3cccc(Cl)c3C)o2)c(C(C)C)cc1Cl. The molecule has 0 bridgehead atoms. The minimum atomic E-state index is -0.341. The quantitative estimate of drug-likeness (QED) is 0.450. The van der Waals surface area contributed by atoms with Gasteiger partial charge in [0, 0.05) is 15.7 Å². The number of anilines is 1. The molecule has 0 saturated carbocycles. The number of furan rings is 1. The zero-order chi connectivity index (χ0) is 21.1. The Hall–Kier alpha value is -2.43. The number of hydrogen-bond donors (Lipinski definition) is 1. The van der Waals surface area contributed by atoms with Crippen molar-refractivity contribution in [2.75, 3.05) is 5.32 Å². The number of carbonyl (C=O) groups excluding carboxylic acids is 1. The molecule has 0 aliphatic rings. The van der Waals surface area contributed by atoms with E-state index in [2.05, 4.69) is 19.2 Å². The second-order valence-corrected chi connectivity index (χ2v) is 8.03. The van der Waals surface area contributed by atoms with Crippen molar-refractivity contribution in [3.63, 3.8) is 0 Å². The highest BCUT2D eigenvalue weighted by atomic mass is 35.5. The van der Waals surface area contributed by atoms with Crippen molar-refractivity contribution >= 4 is 34.8 Å². The van der Waals surface area contributed by atoms with Crippen LogP contribution in [0, 0.1) is 13.8 Å². The molecule has 0 atom stereocenters. The van der Waals surface area contributed by atoms with Crippen LogP contribution < -0.4 is 10.1 Å². The summed E-state index contributed by atoms with van der Waals surface area (Å²) in [6.45, 7) is 8.17. The molecule has 0 radical (unpaired) electrons. The van der Waals surface area contributed by atoms with Gasteiger partial charge in [0.25, 0.3) is 5.91 Å². The summed E-state index contributed by atoms with van der Waals surface area (Å²) >= 11 is 12.3. The lowest BCUT2D eigenvalue weighted by Gasteiger charge is -2.15. The number of aryl methyl sites for hydroxylation is 1. The minimum Gasteiger partial charge on any atom is -0.485 e. The van der Waals surface area contributed by atoms with Crippen LogP contribution in [0.15, 0.2) is 46.9 Å². The van der Waals surface area contributed by atoms with E-state index in [4.69, 9.17) is 32.4 Å². The maximum Gasteiger partial charge on any atom is 0.291 e. The molecule has 3 aromatic rings. The molecule has 1 N–H and O–H groups in total. The molecule has 1 aromatic heterocycles. The Balaban J connectivity index is 1.70. The maximum absolute atomic E-state index is 12.5. The minimum absolute atomic E-state index is 0.208. The normalized spacial score (nSPS) is 11.0. The van der Waals surface area contributed by atoms with Crippen molar-refractivity contribution in [3.8, 4) is 5.75 Å². The fourth-order valence-corrected chi connectivity index (χ4v) is 3.25. The van der Waals surface area contributed by atoms with Crippen LogP contribution in [-0.2, 0) is 6.61 Å².